The number of rotatable bonds is 7. The van der Waals surface area contributed by atoms with E-state index in [1.807, 2.05) is 18.2 Å². The fourth-order valence-corrected chi connectivity index (χ4v) is 4.72. The highest BCUT2D eigenvalue weighted by molar-refractivity contribution is 5.98. The van der Waals surface area contributed by atoms with Gasteiger partial charge in [0.25, 0.3) is 0 Å². The third-order valence-corrected chi connectivity index (χ3v) is 6.26. The summed E-state index contributed by atoms with van der Waals surface area (Å²) in [4.78, 5) is 0. The molecule has 0 saturated carbocycles. The van der Waals surface area contributed by atoms with E-state index in [1.54, 1.807) is 12.1 Å². The summed E-state index contributed by atoms with van der Waals surface area (Å²) in [6.07, 6.45) is 1.49. The molecule has 1 aliphatic rings. The number of aromatic hydroxyl groups is 1. The van der Waals surface area contributed by atoms with E-state index < -0.39 is 0 Å². The van der Waals surface area contributed by atoms with E-state index in [0.717, 1.165) is 22.0 Å². The van der Waals surface area contributed by atoms with Crippen molar-refractivity contribution in [1.29, 1.82) is 0 Å². The molecule has 1 heterocycles. The molecule has 1 fully saturated rings. The number of quaternary nitrogens is 1. The zero-order valence-corrected chi connectivity index (χ0v) is 19.6. The van der Waals surface area contributed by atoms with Crippen LogP contribution in [0.2, 0.25) is 0 Å². The molecular weight excluding hydrogens is 418 g/mol. The Labute approximate surface area is 197 Å². The zero-order valence-electron chi connectivity index (χ0n) is 18.8. The number of aliphatic hydroxyl groups is 1. The van der Waals surface area contributed by atoms with E-state index in [-0.39, 0.29) is 24.8 Å². The number of hydrogen-bond acceptors (Lipinski definition) is 2. The van der Waals surface area contributed by atoms with Gasteiger partial charge in [-0.2, -0.15) is 0 Å². The van der Waals surface area contributed by atoms with Gasteiger partial charge in [-0.25, -0.2) is 0 Å². The first-order valence-corrected chi connectivity index (χ1v) is 11.1. The fraction of sp³-hybridized carbons (Fsp3) is 0.286. The minimum atomic E-state index is 0. The second kappa shape index (κ2) is 10.4. The molecule has 1 aliphatic heterocycles. The first kappa shape index (κ1) is 24.1. The van der Waals surface area contributed by atoms with Gasteiger partial charge >= 0.3 is 0 Å². The molecule has 4 rings (SSSR count). The average Bonchev–Trinajstić information content (AvgIpc) is 2.77. The van der Waals surface area contributed by atoms with Crippen LogP contribution in [0.1, 0.15) is 41.0 Å². The molecule has 3 aromatic rings. The van der Waals surface area contributed by atoms with Gasteiger partial charge in [0.15, 0.2) is 0 Å². The molecule has 0 unspecified atom stereocenters. The molecule has 0 aliphatic carbocycles. The Hall–Kier alpha value is -2.59. The molecule has 1 saturated heterocycles. The monoisotopic (exact) mass is 449 g/mol. The first-order valence-electron chi connectivity index (χ1n) is 11.1. The third kappa shape index (κ3) is 5.42. The van der Waals surface area contributed by atoms with Gasteiger partial charge in [-0.05, 0) is 58.4 Å². The summed E-state index contributed by atoms with van der Waals surface area (Å²) >= 11 is 0. The molecule has 32 heavy (non-hydrogen) atoms. The van der Waals surface area contributed by atoms with E-state index in [2.05, 4.69) is 62.6 Å². The number of likely N-dealkylation sites (tertiary alicyclic amines) is 1. The molecule has 168 valence electrons. The molecular formula is C28H32ClNO2. The van der Waals surface area contributed by atoms with Crippen molar-refractivity contribution >= 4 is 11.1 Å². The summed E-state index contributed by atoms with van der Waals surface area (Å²) in [6.45, 7) is 2.53. The lowest BCUT2D eigenvalue weighted by atomic mass is 9.85. The highest BCUT2D eigenvalue weighted by Gasteiger charge is 2.37. The van der Waals surface area contributed by atoms with Crippen LogP contribution in [0.25, 0.3) is 11.1 Å². The number of aliphatic hydroxyl groups excluding tert-OH is 1. The number of benzene rings is 3. The zero-order chi connectivity index (χ0) is 21.8. The van der Waals surface area contributed by atoms with Gasteiger partial charge in [-0.15, -0.1) is 0 Å². The van der Waals surface area contributed by atoms with Gasteiger partial charge in [-0.1, -0.05) is 66.7 Å². The topological polar surface area (TPSA) is 40.5 Å². The lowest BCUT2D eigenvalue weighted by Gasteiger charge is -2.44. The molecule has 0 spiro atoms. The molecule has 0 amide bonds. The number of halogens is 1. The minimum Gasteiger partial charge on any atom is -1.00 e. The van der Waals surface area contributed by atoms with Crippen LogP contribution in [0.3, 0.4) is 0 Å². The third-order valence-electron chi connectivity index (χ3n) is 6.26. The van der Waals surface area contributed by atoms with Crippen LogP contribution in [-0.2, 0) is 0 Å². The Morgan fingerprint density at radius 1 is 0.812 bits per heavy atom. The molecule has 0 bridgehead atoms. The predicted molar refractivity (Wildman–Crippen MR) is 128 cm³/mol. The molecule has 4 heteroatoms. The Bertz CT molecular complexity index is 1030. The van der Waals surface area contributed by atoms with Gasteiger partial charge in [0.05, 0.1) is 33.1 Å². The predicted octanol–water partition coefficient (Wildman–Crippen LogP) is 2.30. The number of phenolic OH excluding ortho intramolecular Hbond substituents is 1. The second-order valence-corrected chi connectivity index (χ2v) is 9.21. The maximum absolute atomic E-state index is 9.83. The normalized spacial score (nSPS) is 16.0. The van der Waals surface area contributed by atoms with Gasteiger partial charge in [0, 0.05) is 6.61 Å². The summed E-state index contributed by atoms with van der Waals surface area (Å²) < 4.78 is 1.09. The molecule has 2 N–H and O–H groups in total. The van der Waals surface area contributed by atoms with E-state index in [1.165, 1.54) is 35.4 Å². The largest absolute Gasteiger partial charge is 1.00 e. The summed E-state index contributed by atoms with van der Waals surface area (Å²) in [7, 11) is 4.56. The van der Waals surface area contributed by atoms with Gasteiger partial charge in [0.2, 0.25) is 0 Å². The molecule has 0 atom stereocenters. The summed E-state index contributed by atoms with van der Waals surface area (Å²) in [6, 6.07) is 26.9. The number of phenols is 1. The van der Waals surface area contributed by atoms with Crippen molar-refractivity contribution in [3.8, 4) is 5.75 Å². The van der Waals surface area contributed by atoms with Gasteiger partial charge < -0.3 is 27.1 Å². The Morgan fingerprint density at radius 3 is 1.91 bits per heavy atom. The Morgan fingerprint density at radius 2 is 1.38 bits per heavy atom. The highest BCUT2D eigenvalue weighted by atomic mass is 35.5. The summed E-state index contributed by atoms with van der Waals surface area (Å²) in [5.41, 5.74) is 7.19. The summed E-state index contributed by atoms with van der Waals surface area (Å²) in [5.74, 6) is 0.897. The highest BCUT2D eigenvalue weighted by Crippen LogP contribution is 2.37. The molecule has 3 aromatic carbocycles. The maximum atomic E-state index is 9.83. The van der Waals surface area contributed by atoms with E-state index in [9.17, 15) is 10.2 Å². The smallest absolute Gasteiger partial charge is 0.115 e. The van der Waals surface area contributed by atoms with Crippen LogP contribution in [0.5, 0.6) is 5.75 Å². The van der Waals surface area contributed by atoms with E-state index in [0.29, 0.717) is 12.3 Å². The second-order valence-electron chi connectivity index (χ2n) is 9.21. The van der Waals surface area contributed by atoms with Crippen LogP contribution in [0.4, 0.5) is 0 Å². The molecule has 3 nitrogen and oxygen atoms in total. The molecule has 0 aromatic heterocycles. The quantitative estimate of drug-likeness (QED) is 0.429. The molecule has 0 radical (unpaired) electrons. The standard InChI is InChI=1S/C28H31NO2.ClH/c1-29(2)19-25(20-29)21-10-12-23(13-11-21)28(24-14-16-26(31)17-15-24)27(9-6-18-30)22-7-4-3-5-8-22;/h3-5,7-8,10-17,25,30H,6,9,18-20H2,1-2H3;1H/b28-27+;. The fourth-order valence-electron chi connectivity index (χ4n) is 4.72. The van der Waals surface area contributed by atoms with Crippen molar-refractivity contribution in [2.24, 2.45) is 0 Å². The van der Waals surface area contributed by atoms with Gasteiger partial charge in [0.1, 0.15) is 5.75 Å². The van der Waals surface area contributed by atoms with Crippen molar-refractivity contribution in [2.75, 3.05) is 33.8 Å². The number of hydrogen-bond donors (Lipinski definition) is 2. The van der Waals surface area contributed by atoms with Crippen molar-refractivity contribution in [3.05, 3.63) is 101 Å². The Balaban J connectivity index is 0.00000289. The lowest BCUT2D eigenvalue weighted by molar-refractivity contribution is -0.932. The first-order chi connectivity index (χ1) is 15.0. The lowest BCUT2D eigenvalue weighted by Crippen LogP contribution is -3.00. The average molecular weight is 450 g/mol. The van der Waals surface area contributed by atoms with Crippen LogP contribution in [-0.4, -0.2) is 48.5 Å². The van der Waals surface area contributed by atoms with Crippen molar-refractivity contribution < 1.29 is 27.1 Å². The van der Waals surface area contributed by atoms with Crippen LogP contribution >= 0.6 is 0 Å². The van der Waals surface area contributed by atoms with Crippen molar-refractivity contribution in [1.82, 2.24) is 0 Å². The maximum Gasteiger partial charge on any atom is 0.115 e. The Kier molecular flexibility index (Phi) is 7.78. The van der Waals surface area contributed by atoms with Crippen molar-refractivity contribution in [2.45, 2.75) is 18.8 Å². The van der Waals surface area contributed by atoms with Crippen LogP contribution in [0.15, 0.2) is 78.9 Å². The number of allylic oxidation sites excluding steroid dienone is 1. The SMILES string of the molecule is C[N+]1(C)CC(c2ccc(/C(=C(/CCCO)c3ccccc3)c3ccc(O)cc3)cc2)C1.[Cl-]. The van der Waals surface area contributed by atoms with Crippen LogP contribution in [0, 0.1) is 0 Å². The van der Waals surface area contributed by atoms with E-state index in [4.69, 9.17) is 0 Å². The van der Waals surface area contributed by atoms with Crippen molar-refractivity contribution in [3.63, 3.8) is 0 Å². The summed E-state index contributed by atoms with van der Waals surface area (Å²) in [5, 5.41) is 19.4. The van der Waals surface area contributed by atoms with E-state index >= 15 is 0 Å². The number of likely N-dealkylation sites (N-methyl/N-ethyl adjacent to an activating group) is 1. The van der Waals surface area contributed by atoms with Gasteiger partial charge in [-0.3, -0.25) is 0 Å². The number of nitrogens with zero attached hydrogens (tertiary/aromatic N) is 1. The minimum absolute atomic E-state index is 0. The van der Waals surface area contributed by atoms with Crippen LogP contribution < -0.4 is 12.4 Å².